The zero-order valence-electron chi connectivity index (χ0n) is 12.9. The van der Waals surface area contributed by atoms with Gasteiger partial charge in [0, 0.05) is 23.8 Å². The third-order valence-electron chi connectivity index (χ3n) is 4.00. The van der Waals surface area contributed by atoms with Crippen LogP contribution in [0.3, 0.4) is 0 Å². The quantitative estimate of drug-likeness (QED) is 0.814. The topological polar surface area (TPSA) is 66.1 Å². The van der Waals surface area contributed by atoms with E-state index in [4.69, 9.17) is 11.6 Å². The number of halogens is 1. The maximum atomic E-state index is 13.0. The number of nitrogens with one attached hydrogen (secondary N) is 1. The minimum absolute atomic E-state index is 0.0950. The standard InChI is InChI=1S/C14H24ClN3O2S/c1-10(2)9-18(12-6-4-5-7-12)21(19,20)14-13(8-15)11(3)16-17-14/h10,12H,4-9H2,1-3H3,(H,16,17). The normalized spacial score (nSPS) is 17.2. The first-order valence-electron chi connectivity index (χ1n) is 7.49. The number of H-pyrrole nitrogens is 1. The summed E-state index contributed by atoms with van der Waals surface area (Å²) in [6.45, 7) is 6.40. The van der Waals surface area contributed by atoms with Gasteiger partial charge in [-0.15, -0.1) is 11.6 Å². The second kappa shape index (κ2) is 6.67. The lowest BCUT2D eigenvalue weighted by molar-refractivity contribution is 0.291. The van der Waals surface area contributed by atoms with Gasteiger partial charge in [-0.25, -0.2) is 8.42 Å². The van der Waals surface area contributed by atoms with Crippen molar-refractivity contribution in [3.05, 3.63) is 11.3 Å². The number of alkyl halides is 1. The smallest absolute Gasteiger partial charge is 0.262 e. The molecule has 1 aromatic rings. The highest BCUT2D eigenvalue weighted by Gasteiger charge is 2.36. The lowest BCUT2D eigenvalue weighted by Crippen LogP contribution is -2.41. The van der Waals surface area contributed by atoms with Crippen molar-refractivity contribution in [2.45, 2.75) is 63.4 Å². The van der Waals surface area contributed by atoms with E-state index in [1.807, 2.05) is 13.8 Å². The van der Waals surface area contributed by atoms with E-state index >= 15 is 0 Å². The molecule has 5 nitrogen and oxygen atoms in total. The van der Waals surface area contributed by atoms with Crippen LogP contribution < -0.4 is 0 Å². The molecular formula is C14H24ClN3O2S. The summed E-state index contributed by atoms with van der Waals surface area (Å²) in [6, 6.07) is 0.0950. The summed E-state index contributed by atoms with van der Waals surface area (Å²) in [7, 11) is -3.59. The molecule has 1 saturated carbocycles. The molecule has 120 valence electrons. The Morgan fingerprint density at radius 2 is 2.00 bits per heavy atom. The van der Waals surface area contributed by atoms with E-state index in [0.29, 0.717) is 12.1 Å². The van der Waals surface area contributed by atoms with Gasteiger partial charge in [-0.05, 0) is 25.7 Å². The molecule has 0 aliphatic heterocycles. The molecule has 2 rings (SSSR count). The Hall–Kier alpha value is -0.590. The fraction of sp³-hybridized carbons (Fsp3) is 0.786. The van der Waals surface area contributed by atoms with Crippen LogP contribution in [0.15, 0.2) is 5.03 Å². The maximum Gasteiger partial charge on any atom is 0.262 e. The van der Waals surface area contributed by atoms with Gasteiger partial charge >= 0.3 is 0 Å². The Morgan fingerprint density at radius 3 is 2.52 bits per heavy atom. The van der Waals surface area contributed by atoms with Crippen LogP contribution in [0.25, 0.3) is 0 Å². The zero-order valence-corrected chi connectivity index (χ0v) is 14.5. The second-order valence-corrected chi connectivity index (χ2v) is 8.25. The Morgan fingerprint density at radius 1 is 1.38 bits per heavy atom. The maximum absolute atomic E-state index is 13.0. The van der Waals surface area contributed by atoms with Gasteiger partial charge in [-0.3, -0.25) is 5.10 Å². The van der Waals surface area contributed by atoms with Crippen LogP contribution in [0.1, 0.15) is 50.8 Å². The second-order valence-electron chi connectivity index (χ2n) is 6.17. The van der Waals surface area contributed by atoms with E-state index in [0.717, 1.165) is 31.4 Å². The van der Waals surface area contributed by atoms with Crippen LogP contribution in [0.4, 0.5) is 0 Å². The fourth-order valence-corrected chi connectivity index (χ4v) is 5.33. The van der Waals surface area contributed by atoms with Gasteiger partial charge in [0.25, 0.3) is 10.0 Å². The molecule has 1 N–H and O–H groups in total. The highest BCUT2D eigenvalue weighted by atomic mass is 35.5. The van der Waals surface area contributed by atoms with E-state index in [2.05, 4.69) is 10.2 Å². The first-order valence-corrected chi connectivity index (χ1v) is 9.47. The van der Waals surface area contributed by atoms with Crippen molar-refractivity contribution in [2.75, 3.05) is 6.54 Å². The van der Waals surface area contributed by atoms with Crippen molar-refractivity contribution >= 4 is 21.6 Å². The Bertz CT molecular complexity index is 577. The summed E-state index contributed by atoms with van der Waals surface area (Å²) in [4.78, 5) is 0. The molecule has 0 spiro atoms. The Balaban J connectivity index is 2.40. The van der Waals surface area contributed by atoms with Gasteiger partial charge in [0.1, 0.15) is 0 Å². The van der Waals surface area contributed by atoms with Crippen molar-refractivity contribution < 1.29 is 8.42 Å². The van der Waals surface area contributed by atoms with Crippen molar-refractivity contribution in [3.63, 3.8) is 0 Å². The molecule has 1 aliphatic rings. The molecule has 0 radical (unpaired) electrons. The summed E-state index contributed by atoms with van der Waals surface area (Å²) in [5.74, 6) is 0.428. The number of aromatic amines is 1. The number of aryl methyl sites for hydroxylation is 1. The minimum Gasteiger partial charge on any atom is -0.281 e. The number of hydrogen-bond donors (Lipinski definition) is 1. The number of sulfonamides is 1. The molecule has 0 unspecified atom stereocenters. The summed E-state index contributed by atoms with van der Waals surface area (Å²) < 4.78 is 27.7. The van der Waals surface area contributed by atoms with Crippen molar-refractivity contribution in [3.8, 4) is 0 Å². The van der Waals surface area contributed by atoms with Crippen molar-refractivity contribution in [1.29, 1.82) is 0 Å². The van der Waals surface area contributed by atoms with Crippen molar-refractivity contribution in [2.24, 2.45) is 5.92 Å². The average molecular weight is 334 g/mol. The van der Waals surface area contributed by atoms with Crippen LogP contribution in [-0.2, 0) is 15.9 Å². The van der Waals surface area contributed by atoms with Gasteiger partial charge in [-0.2, -0.15) is 9.40 Å². The lowest BCUT2D eigenvalue weighted by atomic mass is 10.2. The molecule has 0 saturated heterocycles. The van der Waals surface area contributed by atoms with E-state index in [1.165, 1.54) is 0 Å². The lowest BCUT2D eigenvalue weighted by Gasteiger charge is -2.29. The van der Waals surface area contributed by atoms with Gasteiger partial charge in [-0.1, -0.05) is 26.7 Å². The SMILES string of the molecule is Cc1[nH]nc(S(=O)(=O)N(CC(C)C)C2CCCC2)c1CCl. The Kier molecular flexibility index (Phi) is 5.33. The third kappa shape index (κ3) is 3.43. The average Bonchev–Trinajstić information content (AvgIpc) is 3.04. The predicted octanol–water partition coefficient (Wildman–Crippen LogP) is 3.05. The van der Waals surface area contributed by atoms with Crippen LogP contribution in [0, 0.1) is 12.8 Å². The predicted molar refractivity (Wildman–Crippen MR) is 83.9 cm³/mol. The van der Waals surface area contributed by atoms with Crippen LogP contribution in [0.5, 0.6) is 0 Å². The third-order valence-corrected chi connectivity index (χ3v) is 6.16. The van der Waals surface area contributed by atoms with E-state index in [1.54, 1.807) is 11.2 Å². The minimum atomic E-state index is -3.59. The molecule has 1 fully saturated rings. The van der Waals surface area contributed by atoms with E-state index < -0.39 is 10.0 Å². The van der Waals surface area contributed by atoms with Crippen LogP contribution >= 0.6 is 11.6 Å². The highest BCUT2D eigenvalue weighted by Crippen LogP contribution is 2.31. The molecule has 0 amide bonds. The van der Waals surface area contributed by atoms with E-state index in [-0.39, 0.29) is 22.9 Å². The van der Waals surface area contributed by atoms with E-state index in [9.17, 15) is 8.42 Å². The van der Waals surface area contributed by atoms with Crippen molar-refractivity contribution in [1.82, 2.24) is 14.5 Å². The summed E-state index contributed by atoms with van der Waals surface area (Å²) in [6.07, 6.45) is 4.06. The van der Waals surface area contributed by atoms with Crippen LogP contribution in [-0.4, -0.2) is 35.5 Å². The number of nitrogens with zero attached hydrogens (tertiary/aromatic N) is 2. The number of aromatic nitrogens is 2. The molecule has 21 heavy (non-hydrogen) atoms. The summed E-state index contributed by atoms with van der Waals surface area (Å²) in [5.41, 5.74) is 1.31. The first kappa shape index (κ1) is 16.8. The molecule has 1 aliphatic carbocycles. The van der Waals surface area contributed by atoms with Gasteiger partial charge < -0.3 is 0 Å². The summed E-state index contributed by atoms with van der Waals surface area (Å²) >= 11 is 5.91. The molecule has 0 aromatic carbocycles. The molecule has 0 atom stereocenters. The monoisotopic (exact) mass is 333 g/mol. The van der Waals surface area contributed by atoms with Gasteiger partial charge in [0.05, 0.1) is 5.88 Å². The molecule has 0 bridgehead atoms. The highest BCUT2D eigenvalue weighted by molar-refractivity contribution is 7.89. The molecule has 7 heteroatoms. The zero-order chi connectivity index (χ0) is 15.6. The number of rotatable bonds is 6. The molecule has 1 heterocycles. The van der Waals surface area contributed by atoms with Gasteiger partial charge in [0.15, 0.2) is 5.03 Å². The molecular weight excluding hydrogens is 310 g/mol. The first-order chi connectivity index (χ1) is 9.87. The fourth-order valence-electron chi connectivity index (χ4n) is 2.91. The van der Waals surface area contributed by atoms with Gasteiger partial charge in [0.2, 0.25) is 0 Å². The number of hydrogen-bond acceptors (Lipinski definition) is 3. The largest absolute Gasteiger partial charge is 0.281 e. The Labute approximate surface area is 132 Å². The van der Waals surface area contributed by atoms with Crippen LogP contribution in [0.2, 0.25) is 0 Å². The summed E-state index contributed by atoms with van der Waals surface area (Å²) in [5, 5.41) is 6.87. The molecule has 1 aromatic heterocycles.